The van der Waals surface area contributed by atoms with Crippen LogP contribution in [0.3, 0.4) is 0 Å². The van der Waals surface area contributed by atoms with Crippen molar-refractivity contribution in [3.05, 3.63) is 59.2 Å². The van der Waals surface area contributed by atoms with Crippen molar-refractivity contribution in [3.8, 4) is 11.1 Å². The van der Waals surface area contributed by atoms with Crippen LogP contribution in [0.4, 0.5) is 5.95 Å². The summed E-state index contributed by atoms with van der Waals surface area (Å²) >= 11 is 0. The topological polar surface area (TPSA) is 76.4 Å². The second-order valence-corrected chi connectivity index (χ2v) is 8.89. The minimum absolute atomic E-state index is 0.0218. The average molecular weight is 447 g/mol. The lowest BCUT2D eigenvalue weighted by atomic mass is 10.0. The number of amides is 1. The van der Waals surface area contributed by atoms with E-state index in [0.29, 0.717) is 38.5 Å². The van der Waals surface area contributed by atoms with E-state index in [4.69, 9.17) is 9.84 Å². The number of fused-ring (bicyclic) bond motifs is 1. The summed E-state index contributed by atoms with van der Waals surface area (Å²) in [5.74, 6) is 0.722. The molecule has 172 valence electrons. The molecule has 0 aliphatic carbocycles. The van der Waals surface area contributed by atoms with Crippen LogP contribution in [0.25, 0.3) is 11.1 Å². The quantitative estimate of drug-likeness (QED) is 0.615. The van der Waals surface area contributed by atoms with Crippen molar-refractivity contribution >= 4 is 11.9 Å². The number of hydrogen-bond donors (Lipinski definition) is 0. The molecule has 1 amide bonds. The summed E-state index contributed by atoms with van der Waals surface area (Å²) in [6.45, 7) is 9.94. The molecule has 5 rings (SSSR count). The minimum Gasteiger partial charge on any atom is -0.373 e. The zero-order valence-corrected chi connectivity index (χ0v) is 19.5. The largest absolute Gasteiger partial charge is 0.373 e. The first-order valence-electron chi connectivity index (χ1n) is 11.6. The lowest BCUT2D eigenvalue weighted by Crippen LogP contribution is -2.40. The maximum atomic E-state index is 13.9. The number of hydrogen-bond acceptors (Lipinski definition) is 6. The first kappa shape index (κ1) is 21.6. The van der Waals surface area contributed by atoms with Gasteiger partial charge in [0, 0.05) is 42.6 Å². The maximum absolute atomic E-state index is 13.9. The Balaban J connectivity index is 1.45. The van der Waals surface area contributed by atoms with Gasteiger partial charge in [-0.05, 0) is 38.8 Å². The molecular weight excluding hydrogens is 416 g/mol. The molecule has 8 heteroatoms. The van der Waals surface area contributed by atoms with Crippen LogP contribution in [0.15, 0.2) is 36.4 Å². The number of aromatic nitrogens is 4. The minimum atomic E-state index is -0.0218. The predicted octanol–water partition coefficient (Wildman–Crippen LogP) is 3.23. The van der Waals surface area contributed by atoms with E-state index in [-0.39, 0.29) is 11.9 Å². The number of aryl methyl sites for hydroxylation is 2. The average Bonchev–Trinajstić information content (AvgIpc) is 3.09. The van der Waals surface area contributed by atoms with E-state index in [1.807, 2.05) is 59.8 Å². The highest BCUT2D eigenvalue weighted by atomic mass is 16.5. The standard InChI is InChI=1S/C25H30N6O2/c1-17-15-18(2)27-25(26-17)29-10-9-19(3)30(12-11-29)24(32)23-22(20-7-5-4-6-8-20)21-16-33-14-13-31(21)28-23/h4-8,15,19H,9-14,16H2,1-3H3/t19-/m1/s1. The van der Waals surface area contributed by atoms with Gasteiger partial charge in [-0.2, -0.15) is 5.10 Å². The number of ether oxygens (including phenoxy) is 1. The van der Waals surface area contributed by atoms with Crippen molar-refractivity contribution in [2.24, 2.45) is 0 Å². The molecule has 0 spiro atoms. The van der Waals surface area contributed by atoms with Gasteiger partial charge in [0.1, 0.15) is 0 Å². The van der Waals surface area contributed by atoms with Gasteiger partial charge in [0.2, 0.25) is 5.95 Å². The van der Waals surface area contributed by atoms with Gasteiger partial charge >= 0.3 is 0 Å². The lowest BCUT2D eigenvalue weighted by molar-refractivity contribution is 0.0693. The van der Waals surface area contributed by atoms with Crippen LogP contribution in [-0.2, 0) is 17.9 Å². The van der Waals surface area contributed by atoms with Gasteiger partial charge in [0.15, 0.2) is 5.69 Å². The molecule has 0 saturated carbocycles. The van der Waals surface area contributed by atoms with Crippen molar-refractivity contribution in [1.29, 1.82) is 0 Å². The van der Waals surface area contributed by atoms with Crippen LogP contribution in [0.2, 0.25) is 0 Å². The molecule has 0 bridgehead atoms. The van der Waals surface area contributed by atoms with Gasteiger partial charge in [0.25, 0.3) is 5.91 Å². The Morgan fingerprint density at radius 2 is 1.79 bits per heavy atom. The second-order valence-electron chi connectivity index (χ2n) is 8.89. The second kappa shape index (κ2) is 8.94. The van der Waals surface area contributed by atoms with Crippen molar-refractivity contribution in [2.45, 2.75) is 46.4 Å². The van der Waals surface area contributed by atoms with Crippen LogP contribution < -0.4 is 4.90 Å². The molecular formula is C25H30N6O2. The normalized spacial score (nSPS) is 18.7. The number of carbonyl (C=O) groups is 1. The van der Waals surface area contributed by atoms with E-state index in [1.54, 1.807) is 0 Å². The van der Waals surface area contributed by atoms with E-state index < -0.39 is 0 Å². The van der Waals surface area contributed by atoms with Crippen molar-refractivity contribution in [2.75, 3.05) is 31.1 Å². The van der Waals surface area contributed by atoms with Gasteiger partial charge in [-0.3, -0.25) is 9.48 Å². The molecule has 2 aliphatic heterocycles. The molecule has 4 heterocycles. The highest BCUT2D eigenvalue weighted by molar-refractivity contribution is 6.00. The molecule has 3 aromatic rings. The van der Waals surface area contributed by atoms with Crippen molar-refractivity contribution in [1.82, 2.24) is 24.6 Å². The van der Waals surface area contributed by atoms with Gasteiger partial charge in [-0.25, -0.2) is 9.97 Å². The van der Waals surface area contributed by atoms with E-state index >= 15 is 0 Å². The summed E-state index contributed by atoms with van der Waals surface area (Å²) in [7, 11) is 0. The highest BCUT2D eigenvalue weighted by Gasteiger charge is 2.32. The zero-order valence-electron chi connectivity index (χ0n) is 19.5. The molecule has 33 heavy (non-hydrogen) atoms. The number of rotatable bonds is 3. The number of nitrogens with zero attached hydrogens (tertiary/aromatic N) is 6. The van der Waals surface area contributed by atoms with Crippen LogP contribution in [0.1, 0.15) is 40.9 Å². The molecule has 1 aromatic carbocycles. The molecule has 0 N–H and O–H groups in total. The van der Waals surface area contributed by atoms with Gasteiger partial charge in [-0.15, -0.1) is 0 Å². The smallest absolute Gasteiger partial charge is 0.275 e. The Morgan fingerprint density at radius 1 is 1.03 bits per heavy atom. The Bertz CT molecular complexity index is 1140. The summed E-state index contributed by atoms with van der Waals surface area (Å²) in [5.41, 5.74) is 5.31. The summed E-state index contributed by atoms with van der Waals surface area (Å²) < 4.78 is 7.66. The Labute approximate surface area is 194 Å². The Morgan fingerprint density at radius 3 is 2.55 bits per heavy atom. The molecule has 2 aromatic heterocycles. The summed E-state index contributed by atoms with van der Waals surface area (Å²) in [5, 5.41) is 4.77. The third kappa shape index (κ3) is 4.23. The number of benzene rings is 1. The van der Waals surface area contributed by atoms with Gasteiger partial charge in [0.05, 0.1) is 25.5 Å². The predicted molar refractivity (Wildman–Crippen MR) is 126 cm³/mol. The highest BCUT2D eigenvalue weighted by Crippen LogP contribution is 2.31. The monoisotopic (exact) mass is 446 g/mol. The third-order valence-electron chi connectivity index (χ3n) is 6.48. The van der Waals surface area contributed by atoms with Gasteiger partial charge < -0.3 is 14.5 Å². The van der Waals surface area contributed by atoms with E-state index in [2.05, 4.69) is 21.8 Å². The van der Waals surface area contributed by atoms with Crippen LogP contribution in [0.5, 0.6) is 0 Å². The Kier molecular flexibility index (Phi) is 5.85. The van der Waals surface area contributed by atoms with E-state index in [9.17, 15) is 4.79 Å². The van der Waals surface area contributed by atoms with Crippen LogP contribution in [-0.4, -0.2) is 62.8 Å². The molecule has 0 radical (unpaired) electrons. The fourth-order valence-electron chi connectivity index (χ4n) is 4.75. The summed E-state index contributed by atoms with van der Waals surface area (Å²) in [6, 6.07) is 12.1. The number of anilines is 1. The first-order chi connectivity index (χ1) is 16.0. The van der Waals surface area contributed by atoms with Gasteiger partial charge in [-0.1, -0.05) is 30.3 Å². The fourth-order valence-corrected chi connectivity index (χ4v) is 4.75. The van der Waals surface area contributed by atoms with E-state index in [0.717, 1.165) is 47.1 Å². The lowest BCUT2D eigenvalue weighted by Gasteiger charge is -2.26. The maximum Gasteiger partial charge on any atom is 0.275 e. The van der Waals surface area contributed by atoms with Crippen LogP contribution >= 0.6 is 0 Å². The molecule has 1 atom stereocenters. The molecule has 1 fully saturated rings. The van der Waals surface area contributed by atoms with E-state index in [1.165, 1.54) is 0 Å². The van der Waals surface area contributed by atoms with Crippen molar-refractivity contribution in [3.63, 3.8) is 0 Å². The molecule has 1 saturated heterocycles. The molecule has 2 aliphatic rings. The SMILES string of the molecule is Cc1cc(C)nc(N2CC[C@@H](C)N(C(=O)c3nn4c(c3-c3ccccc3)COCC4)CC2)n1. The first-order valence-corrected chi connectivity index (χ1v) is 11.6. The molecule has 0 unspecified atom stereocenters. The number of carbonyl (C=O) groups excluding carboxylic acids is 1. The summed E-state index contributed by atoms with van der Waals surface area (Å²) in [4.78, 5) is 27.3. The molecule has 8 nitrogen and oxygen atoms in total. The van der Waals surface area contributed by atoms with Crippen LogP contribution in [0, 0.1) is 13.8 Å². The third-order valence-corrected chi connectivity index (χ3v) is 6.48. The zero-order chi connectivity index (χ0) is 22.9. The Hall–Kier alpha value is -3.26. The fraction of sp³-hybridized carbons (Fsp3) is 0.440. The van der Waals surface area contributed by atoms with Crippen molar-refractivity contribution < 1.29 is 9.53 Å². The summed E-state index contributed by atoms with van der Waals surface area (Å²) in [6.07, 6.45) is 0.847.